The number of rotatable bonds is 6. The van der Waals surface area contributed by atoms with Crippen molar-refractivity contribution in [2.45, 2.75) is 0 Å². The van der Waals surface area contributed by atoms with Gasteiger partial charge in [-0.2, -0.15) is 0 Å². The fraction of sp³-hybridized carbons (Fsp3) is 0. The highest BCUT2D eigenvalue weighted by Crippen LogP contribution is 2.42. The van der Waals surface area contributed by atoms with Crippen molar-refractivity contribution in [3.05, 3.63) is 158 Å². The molecule has 0 spiro atoms. The molecule has 0 unspecified atom stereocenters. The van der Waals surface area contributed by atoms with Crippen molar-refractivity contribution in [3.8, 4) is 34.2 Å². The Morgan fingerprint density at radius 3 is 1.45 bits per heavy atom. The van der Waals surface area contributed by atoms with Gasteiger partial charge in [-0.1, -0.05) is 115 Å². The predicted molar refractivity (Wildman–Crippen MR) is 178 cm³/mol. The normalized spacial score (nSPS) is 11.2. The summed E-state index contributed by atoms with van der Waals surface area (Å²) in [5, 5.41) is 2.08. The predicted octanol–water partition coefficient (Wildman–Crippen LogP) is 10.2. The second-order valence-electron chi connectivity index (χ2n) is 10.5. The lowest BCUT2D eigenvalue weighted by Gasteiger charge is -2.25. The highest BCUT2D eigenvalue weighted by Gasteiger charge is 2.20. The minimum absolute atomic E-state index is 0.593. The van der Waals surface area contributed by atoms with Crippen LogP contribution >= 0.6 is 0 Å². The van der Waals surface area contributed by atoms with Crippen molar-refractivity contribution < 1.29 is 4.42 Å². The van der Waals surface area contributed by atoms with Crippen molar-refractivity contribution >= 4 is 39.0 Å². The quantitative estimate of drug-likeness (QED) is 0.200. The standard InChI is InChI=1S/C39H26N4O/c1-5-14-27(15-6-1)37-40-38(28-16-7-2-8-17-28)42-39(41-37)29-24-25-32-33-22-13-23-34(36(33)44-35(32)26-29)43(30-18-9-3-10-19-30)31-20-11-4-12-21-31/h1-26H. The number of nitrogens with zero attached hydrogens (tertiary/aromatic N) is 4. The number of hydrogen-bond donors (Lipinski definition) is 0. The van der Waals surface area contributed by atoms with E-state index < -0.39 is 0 Å². The second-order valence-corrected chi connectivity index (χ2v) is 10.5. The molecule has 0 radical (unpaired) electrons. The fourth-order valence-electron chi connectivity index (χ4n) is 5.62. The zero-order valence-electron chi connectivity index (χ0n) is 23.7. The molecule has 0 aliphatic heterocycles. The molecule has 0 fully saturated rings. The van der Waals surface area contributed by atoms with Crippen molar-refractivity contribution in [2.75, 3.05) is 4.90 Å². The van der Waals surface area contributed by atoms with Gasteiger partial charge in [0.15, 0.2) is 23.1 Å². The summed E-state index contributed by atoms with van der Waals surface area (Å²) in [6.07, 6.45) is 0. The number of para-hydroxylation sites is 3. The number of anilines is 3. The molecule has 2 aromatic heterocycles. The van der Waals surface area contributed by atoms with Crippen LogP contribution in [0.2, 0.25) is 0 Å². The maximum atomic E-state index is 6.69. The number of aromatic nitrogens is 3. The summed E-state index contributed by atoms with van der Waals surface area (Å²) in [5.74, 6) is 1.85. The Labute approximate surface area is 254 Å². The molecule has 0 N–H and O–H groups in total. The first kappa shape index (κ1) is 25.6. The molecule has 0 atom stereocenters. The Balaban J connectivity index is 1.29. The van der Waals surface area contributed by atoms with Gasteiger partial charge in [-0.15, -0.1) is 0 Å². The lowest BCUT2D eigenvalue weighted by Crippen LogP contribution is -2.09. The van der Waals surface area contributed by atoms with Crippen LogP contribution in [0.15, 0.2) is 162 Å². The molecule has 2 heterocycles. The summed E-state index contributed by atoms with van der Waals surface area (Å²) in [6.45, 7) is 0. The van der Waals surface area contributed by atoms with Crippen molar-refractivity contribution in [3.63, 3.8) is 0 Å². The third-order valence-electron chi connectivity index (χ3n) is 7.71. The molecule has 0 bridgehead atoms. The monoisotopic (exact) mass is 566 g/mol. The molecule has 0 aliphatic rings. The first-order valence-corrected chi connectivity index (χ1v) is 14.5. The van der Waals surface area contributed by atoms with Crippen LogP contribution in [0.25, 0.3) is 56.1 Å². The highest BCUT2D eigenvalue weighted by molar-refractivity contribution is 6.10. The molecular formula is C39H26N4O. The third kappa shape index (κ3) is 4.67. The van der Waals surface area contributed by atoms with Gasteiger partial charge in [0.2, 0.25) is 0 Å². The Hall–Kier alpha value is -6.07. The van der Waals surface area contributed by atoms with Gasteiger partial charge in [0.1, 0.15) is 5.58 Å². The largest absolute Gasteiger partial charge is 0.454 e. The van der Waals surface area contributed by atoms with Crippen LogP contribution in [0.1, 0.15) is 0 Å². The second kappa shape index (κ2) is 11.0. The first-order valence-electron chi connectivity index (χ1n) is 14.5. The minimum atomic E-state index is 0.593. The molecule has 0 saturated carbocycles. The summed E-state index contributed by atoms with van der Waals surface area (Å²) in [6, 6.07) is 53.3. The van der Waals surface area contributed by atoms with Gasteiger partial charge in [0.25, 0.3) is 0 Å². The average Bonchev–Trinajstić information content (AvgIpc) is 3.49. The molecule has 6 aromatic carbocycles. The van der Waals surface area contributed by atoms with Crippen molar-refractivity contribution in [1.82, 2.24) is 15.0 Å². The van der Waals surface area contributed by atoms with Gasteiger partial charge in [-0.25, -0.2) is 15.0 Å². The highest BCUT2D eigenvalue weighted by atomic mass is 16.3. The van der Waals surface area contributed by atoms with Crippen molar-refractivity contribution in [1.29, 1.82) is 0 Å². The molecule has 0 aliphatic carbocycles. The van der Waals surface area contributed by atoms with Crippen LogP contribution in [-0.2, 0) is 0 Å². The minimum Gasteiger partial charge on any atom is -0.454 e. The molecule has 8 rings (SSSR count). The maximum absolute atomic E-state index is 6.69. The van der Waals surface area contributed by atoms with Crippen LogP contribution in [0, 0.1) is 0 Å². The van der Waals surface area contributed by atoms with Gasteiger partial charge in [0.05, 0.1) is 5.69 Å². The van der Waals surface area contributed by atoms with Crippen LogP contribution in [0.4, 0.5) is 17.1 Å². The summed E-state index contributed by atoms with van der Waals surface area (Å²) < 4.78 is 6.69. The number of fused-ring (bicyclic) bond motifs is 3. The van der Waals surface area contributed by atoms with E-state index in [1.54, 1.807) is 0 Å². The van der Waals surface area contributed by atoms with E-state index in [1.807, 2.05) is 78.9 Å². The number of hydrogen-bond acceptors (Lipinski definition) is 5. The maximum Gasteiger partial charge on any atom is 0.164 e. The van der Waals surface area contributed by atoms with Crippen LogP contribution in [0.5, 0.6) is 0 Å². The summed E-state index contributed by atoms with van der Waals surface area (Å²) in [4.78, 5) is 16.9. The summed E-state index contributed by atoms with van der Waals surface area (Å²) in [5.41, 5.74) is 7.40. The molecule has 44 heavy (non-hydrogen) atoms. The van der Waals surface area contributed by atoms with Gasteiger partial charge < -0.3 is 9.32 Å². The van der Waals surface area contributed by atoms with E-state index in [9.17, 15) is 0 Å². The van der Waals surface area contributed by atoms with Gasteiger partial charge >= 0.3 is 0 Å². The van der Waals surface area contributed by atoms with Crippen LogP contribution < -0.4 is 4.90 Å². The molecule has 5 heteroatoms. The number of furan rings is 1. The van der Waals surface area contributed by atoms with Crippen LogP contribution in [0.3, 0.4) is 0 Å². The smallest absolute Gasteiger partial charge is 0.164 e. The van der Waals surface area contributed by atoms with Crippen LogP contribution in [-0.4, -0.2) is 15.0 Å². The van der Waals surface area contributed by atoms with Crippen molar-refractivity contribution in [2.24, 2.45) is 0 Å². The van der Waals surface area contributed by atoms with E-state index in [-0.39, 0.29) is 0 Å². The van der Waals surface area contributed by atoms with Gasteiger partial charge in [0, 0.05) is 38.8 Å². The Morgan fingerprint density at radius 1 is 0.409 bits per heavy atom. The summed E-state index contributed by atoms with van der Waals surface area (Å²) >= 11 is 0. The Kier molecular flexibility index (Phi) is 6.39. The molecular weight excluding hydrogens is 540 g/mol. The molecule has 5 nitrogen and oxygen atoms in total. The Morgan fingerprint density at radius 2 is 0.909 bits per heavy atom. The molecule has 0 saturated heterocycles. The van der Waals surface area contributed by atoms with Gasteiger partial charge in [-0.05, 0) is 42.5 Å². The first-order chi connectivity index (χ1) is 21.8. The zero-order chi connectivity index (χ0) is 29.3. The third-order valence-corrected chi connectivity index (χ3v) is 7.71. The lowest BCUT2D eigenvalue weighted by atomic mass is 10.1. The van der Waals surface area contributed by atoms with E-state index >= 15 is 0 Å². The molecule has 8 aromatic rings. The topological polar surface area (TPSA) is 55.1 Å². The Bertz CT molecular complexity index is 2120. The number of benzene rings is 6. The average molecular weight is 567 g/mol. The van der Waals surface area contributed by atoms with E-state index in [1.165, 1.54) is 0 Å². The zero-order valence-corrected chi connectivity index (χ0v) is 23.7. The van der Waals surface area contributed by atoms with E-state index in [0.29, 0.717) is 17.5 Å². The molecule has 208 valence electrons. The summed E-state index contributed by atoms with van der Waals surface area (Å²) in [7, 11) is 0. The SMILES string of the molecule is c1ccc(-c2nc(-c3ccccc3)nc(-c3ccc4c(c3)oc3c(N(c5ccccc5)c5ccccc5)cccc34)n2)cc1. The molecule has 0 amide bonds. The van der Waals surface area contributed by atoms with E-state index in [0.717, 1.165) is 55.7 Å². The lowest BCUT2D eigenvalue weighted by molar-refractivity contribution is 0.669. The van der Waals surface area contributed by atoms with E-state index in [2.05, 4.69) is 83.8 Å². The van der Waals surface area contributed by atoms with E-state index in [4.69, 9.17) is 19.4 Å². The van der Waals surface area contributed by atoms with Gasteiger partial charge in [-0.3, -0.25) is 0 Å². The fourth-order valence-corrected chi connectivity index (χ4v) is 5.62.